The molecule has 1 fully saturated rings. The lowest BCUT2D eigenvalue weighted by Crippen LogP contribution is -2.36. The number of benzene rings is 1. The van der Waals surface area contributed by atoms with Crippen LogP contribution in [0, 0.1) is 12.7 Å². The molecule has 9 nitrogen and oxygen atoms in total. The van der Waals surface area contributed by atoms with E-state index in [-0.39, 0.29) is 31.0 Å². The Hall–Kier alpha value is -4.05. The average molecular weight is 545 g/mol. The average Bonchev–Trinajstić information content (AvgIpc) is 3.61. The van der Waals surface area contributed by atoms with E-state index >= 15 is 0 Å². The lowest BCUT2D eigenvalue weighted by molar-refractivity contribution is -0.119. The molecule has 40 heavy (non-hydrogen) atoms. The Morgan fingerprint density at radius 2 is 2.02 bits per heavy atom. The second kappa shape index (κ2) is 9.85. The fourth-order valence-electron chi connectivity index (χ4n) is 5.89. The van der Waals surface area contributed by atoms with Crippen molar-refractivity contribution in [2.45, 2.75) is 65.0 Å². The summed E-state index contributed by atoms with van der Waals surface area (Å²) in [4.78, 5) is 29.7. The molecule has 4 aromatic rings. The number of aliphatic hydroxyl groups excluding tert-OH is 1. The van der Waals surface area contributed by atoms with Crippen LogP contribution >= 0.6 is 0 Å². The summed E-state index contributed by atoms with van der Waals surface area (Å²) in [5, 5.41) is 13.0. The van der Waals surface area contributed by atoms with Crippen LogP contribution in [0.1, 0.15) is 56.0 Å². The van der Waals surface area contributed by atoms with Gasteiger partial charge in [-0.05, 0) is 63.8 Å². The van der Waals surface area contributed by atoms with Crippen molar-refractivity contribution in [3.05, 3.63) is 64.7 Å². The molecule has 0 bridgehead atoms. The second-order valence-electron chi connectivity index (χ2n) is 11.0. The minimum Gasteiger partial charge on any atom is -0.485 e. The third-order valence-electron chi connectivity index (χ3n) is 8.14. The maximum absolute atomic E-state index is 14.6. The van der Waals surface area contributed by atoms with E-state index in [2.05, 4.69) is 10.2 Å². The summed E-state index contributed by atoms with van der Waals surface area (Å²) in [6.07, 6.45) is 4.35. The first-order chi connectivity index (χ1) is 19.2. The SMILES string of the molecule is CCc1cccc(F)c1COc1cccn2c(-c3nc4c(c(N5CCC[C@H]5CO)n3)C(C)(C)C(=O)N4)c(C)nc12. The van der Waals surface area contributed by atoms with Crippen molar-refractivity contribution >= 4 is 23.2 Å². The highest BCUT2D eigenvalue weighted by molar-refractivity contribution is 6.06. The molecular formula is C30H33FN6O3. The number of ether oxygens (including phenoxy) is 1. The number of rotatable bonds is 7. The number of aliphatic hydroxyl groups is 1. The van der Waals surface area contributed by atoms with Crippen LogP contribution in [-0.2, 0) is 23.2 Å². The van der Waals surface area contributed by atoms with E-state index in [1.165, 1.54) is 6.07 Å². The maximum atomic E-state index is 14.6. The van der Waals surface area contributed by atoms with Crippen LogP contribution < -0.4 is 15.0 Å². The topological polar surface area (TPSA) is 105 Å². The summed E-state index contributed by atoms with van der Waals surface area (Å²) in [5.41, 5.74) is 3.28. The number of amides is 1. The fourth-order valence-corrected chi connectivity index (χ4v) is 5.89. The number of imidazole rings is 1. The number of anilines is 2. The minimum atomic E-state index is -0.814. The standard InChI is InChI=1S/C30H33FN6O3/c1-5-18-9-6-11-21(31)20(18)16-40-22-12-8-14-37-24(17(2)32-27(22)37)26-33-25-23(30(3,4)29(39)35-25)28(34-26)36-13-7-10-19(36)15-38/h6,8-9,11-12,14,19,38H,5,7,10,13,15-16H2,1-4H3,(H,33,34,35,39)/t19-/m0/s1. The van der Waals surface area contributed by atoms with E-state index in [9.17, 15) is 14.3 Å². The third kappa shape index (κ3) is 4.09. The summed E-state index contributed by atoms with van der Waals surface area (Å²) in [6.45, 7) is 8.42. The Morgan fingerprint density at radius 3 is 2.80 bits per heavy atom. The maximum Gasteiger partial charge on any atom is 0.235 e. The van der Waals surface area contributed by atoms with E-state index in [0.29, 0.717) is 52.2 Å². The molecule has 2 aliphatic rings. The predicted molar refractivity (Wildman–Crippen MR) is 150 cm³/mol. The molecule has 2 aliphatic heterocycles. The molecule has 1 atom stereocenters. The summed E-state index contributed by atoms with van der Waals surface area (Å²) in [7, 11) is 0. The molecular weight excluding hydrogens is 511 g/mol. The first-order valence-electron chi connectivity index (χ1n) is 13.7. The zero-order valence-corrected chi connectivity index (χ0v) is 23.2. The van der Waals surface area contributed by atoms with Crippen LogP contribution in [0.4, 0.5) is 16.0 Å². The zero-order chi connectivity index (χ0) is 28.2. The number of nitrogens with one attached hydrogen (secondary N) is 1. The lowest BCUT2D eigenvalue weighted by Gasteiger charge is -2.29. The van der Waals surface area contributed by atoms with Gasteiger partial charge in [-0.15, -0.1) is 0 Å². The van der Waals surface area contributed by atoms with Crippen molar-refractivity contribution in [1.82, 2.24) is 19.4 Å². The number of hydrogen-bond donors (Lipinski definition) is 2. The van der Waals surface area contributed by atoms with Gasteiger partial charge in [0.25, 0.3) is 0 Å². The molecule has 1 saturated heterocycles. The first kappa shape index (κ1) is 26.2. The monoisotopic (exact) mass is 544 g/mol. The molecule has 10 heteroatoms. The van der Waals surface area contributed by atoms with E-state index in [0.717, 1.165) is 30.5 Å². The molecule has 5 heterocycles. The summed E-state index contributed by atoms with van der Waals surface area (Å²) < 4.78 is 22.6. The van der Waals surface area contributed by atoms with Gasteiger partial charge in [0.1, 0.15) is 29.8 Å². The molecule has 0 aliphatic carbocycles. The number of hydrogen-bond acceptors (Lipinski definition) is 7. The predicted octanol–water partition coefficient (Wildman–Crippen LogP) is 4.57. The zero-order valence-electron chi connectivity index (χ0n) is 23.2. The number of aromatic nitrogens is 4. The molecule has 208 valence electrons. The first-order valence-corrected chi connectivity index (χ1v) is 13.7. The number of pyridine rings is 1. The third-order valence-corrected chi connectivity index (χ3v) is 8.14. The minimum absolute atomic E-state index is 0.00695. The normalized spacial score (nSPS) is 17.9. The molecule has 1 aromatic carbocycles. The van der Waals surface area contributed by atoms with Gasteiger partial charge in [0.05, 0.1) is 29.3 Å². The smallest absolute Gasteiger partial charge is 0.235 e. The van der Waals surface area contributed by atoms with Crippen molar-refractivity contribution < 1.29 is 19.0 Å². The highest BCUT2D eigenvalue weighted by Crippen LogP contribution is 2.44. The van der Waals surface area contributed by atoms with E-state index in [4.69, 9.17) is 19.7 Å². The molecule has 0 spiro atoms. The van der Waals surface area contributed by atoms with Crippen molar-refractivity contribution in [2.24, 2.45) is 0 Å². The number of carbonyl (C=O) groups is 1. The van der Waals surface area contributed by atoms with Crippen molar-refractivity contribution in [3.63, 3.8) is 0 Å². The van der Waals surface area contributed by atoms with Gasteiger partial charge in [-0.25, -0.2) is 19.3 Å². The quantitative estimate of drug-likeness (QED) is 0.351. The van der Waals surface area contributed by atoms with Gasteiger partial charge >= 0.3 is 0 Å². The molecule has 1 amide bonds. The Bertz CT molecular complexity index is 1630. The van der Waals surface area contributed by atoms with E-state index in [1.54, 1.807) is 6.07 Å². The molecule has 2 N–H and O–H groups in total. The van der Waals surface area contributed by atoms with Crippen LogP contribution in [0.15, 0.2) is 36.5 Å². The molecule has 6 rings (SSSR count). The van der Waals surface area contributed by atoms with Gasteiger partial charge in [0, 0.05) is 18.3 Å². The lowest BCUT2D eigenvalue weighted by atomic mass is 9.86. The van der Waals surface area contributed by atoms with Crippen LogP contribution in [0.25, 0.3) is 17.2 Å². The summed E-state index contributed by atoms with van der Waals surface area (Å²) in [6, 6.07) is 8.64. The van der Waals surface area contributed by atoms with Gasteiger partial charge in [-0.3, -0.25) is 9.20 Å². The van der Waals surface area contributed by atoms with E-state index < -0.39 is 5.41 Å². The fraction of sp³-hybridized carbons (Fsp3) is 0.400. The van der Waals surface area contributed by atoms with Gasteiger partial charge in [0.15, 0.2) is 17.2 Å². The molecule has 0 radical (unpaired) electrons. The Morgan fingerprint density at radius 1 is 1.20 bits per heavy atom. The van der Waals surface area contributed by atoms with Crippen molar-refractivity contribution in [3.8, 4) is 17.3 Å². The van der Waals surface area contributed by atoms with Crippen molar-refractivity contribution in [2.75, 3.05) is 23.4 Å². The van der Waals surface area contributed by atoms with Crippen LogP contribution in [0.2, 0.25) is 0 Å². The molecule has 0 unspecified atom stereocenters. The largest absolute Gasteiger partial charge is 0.485 e. The van der Waals surface area contributed by atoms with Gasteiger partial charge in [0.2, 0.25) is 5.91 Å². The Kier molecular flexibility index (Phi) is 6.45. The molecule has 3 aromatic heterocycles. The number of aryl methyl sites for hydroxylation is 2. The van der Waals surface area contributed by atoms with E-state index in [1.807, 2.05) is 56.5 Å². The van der Waals surface area contributed by atoms with Gasteiger partial charge < -0.3 is 20.1 Å². The summed E-state index contributed by atoms with van der Waals surface area (Å²) in [5.74, 6) is 1.64. The number of nitrogens with zero attached hydrogens (tertiary/aromatic N) is 5. The second-order valence-corrected chi connectivity index (χ2v) is 11.0. The number of carbonyl (C=O) groups excluding carboxylic acids is 1. The van der Waals surface area contributed by atoms with Crippen molar-refractivity contribution in [1.29, 1.82) is 0 Å². The highest BCUT2D eigenvalue weighted by Gasteiger charge is 2.45. The van der Waals surface area contributed by atoms with Crippen LogP contribution in [0.5, 0.6) is 5.75 Å². The van der Waals surface area contributed by atoms with Gasteiger partial charge in [-0.1, -0.05) is 19.1 Å². The van der Waals surface area contributed by atoms with Crippen LogP contribution in [-0.4, -0.2) is 49.6 Å². The molecule has 0 saturated carbocycles. The van der Waals surface area contributed by atoms with Crippen LogP contribution in [0.3, 0.4) is 0 Å². The highest BCUT2D eigenvalue weighted by atomic mass is 19.1. The Labute approximate surface area is 232 Å². The number of halogens is 1. The summed E-state index contributed by atoms with van der Waals surface area (Å²) >= 11 is 0. The van der Waals surface area contributed by atoms with Gasteiger partial charge in [-0.2, -0.15) is 0 Å². The Balaban J connectivity index is 1.45. The number of fused-ring (bicyclic) bond motifs is 2.